The van der Waals surface area contributed by atoms with Gasteiger partial charge in [-0.25, -0.2) is 0 Å². The molecule has 2 rings (SSSR count). The van der Waals surface area contributed by atoms with Crippen molar-refractivity contribution >= 4 is 41.5 Å². The molecule has 1 aromatic heterocycles. The highest BCUT2D eigenvalue weighted by Crippen LogP contribution is 2.18. The van der Waals surface area contributed by atoms with Crippen LogP contribution in [-0.2, 0) is 6.42 Å². The maximum Gasteiger partial charge on any atom is 0.228 e. The van der Waals surface area contributed by atoms with Gasteiger partial charge in [0.05, 0.1) is 6.54 Å². The number of hydrogen-bond acceptors (Lipinski definition) is 4. The van der Waals surface area contributed by atoms with Gasteiger partial charge >= 0.3 is 0 Å². The fourth-order valence-corrected chi connectivity index (χ4v) is 1.48. The van der Waals surface area contributed by atoms with Gasteiger partial charge in [-0.05, 0) is 24.3 Å². The second-order valence-corrected chi connectivity index (χ2v) is 4.01. The Balaban J connectivity index is 0.00000180. The van der Waals surface area contributed by atoms with Crippen molar-refractivity contribution in [1.29, 1.82) is 0 Å². The molecule has 2 aromatic rings. The van der Waals surface area contributed by atoms with Crippen LogP contribution in [-0.4, -0.2) is 22.6 Å². The minimum atomic E-state index is 0. The lowest BCUT2D eigenvalue weighted by Gasteiger charge is -1.93. The topological polar surface area (TPSA) is 103 Å². The van der Waals surface area contributed by atoms with Crippen LogP contribution in [0.2, 0.25) is 5.02 Å². The first kappa shape index (κ1) is 15.7. The van der Waals surface area contributed by atoms with Crippen molar-refractivity contribution in [3.63, 3.8) is 0 Å². The van der Waals surface area contributed by atoms with Gasteiger partial charge in [-0.1, -0.05) is 16.8 Å². The number of rotatable bonds is 4. The van der Waals surface area contributed by atoms with Crippen molar-refractivity contribution in [2.45, 2.75) is 6.42 Å². The van der Waals surface area contributed by atoms with Crippen molar-refractivity contribution in [2.75, 3.05) is 6.54 Å². The van der Waals surface area contributed by atoms with Crippen LogP contribution in [0.25, 0.3) is 11.4 Å². The Morgan fingerprint density at radius 3 is 2.58 bits per heavy atom. The maximum atomic E-state index is 5.80. The van der Waals surface area contributed by atoms with E-state index in [9.17, 15) is 0 Å². The number of benzene rings is 1. The molecule has 0 radical (unpaired) electrons. The summed E-state index contributed by atoms with van der Waals surface area (Å²) in [5.74, 6) is 1.06. The Bertz CT molecular complexity index is 550. The molecule has 0 unspecified atom stereocenters. The number of guanidine groups is 1. The van der Waals surface area contributed by atoms with E-state index < -0.39 is 0 Å². The van der Waals surface area contributed by atoms with Gasteiger partial charge in [0.15, 0.2) is 5.96 Å². The Morgan fingerprint density at radius 2 is 1.95 bits per heavy atom. The van der Waals surface area contributed by atoms with Gasteiger partial charge in [0.2, 0.25) is 11.7 Å². The van der Waals surface area contributed by atoms with E-state index in [0.29, 0.717) is 29.7 Å². The molecule has 1 aromatic carbocycles. The molecule has 0 aliphatic rings. The second kappa shape index (κ2) is 7.29. The van der Waals surface area contributed by atoms with Crippen LogP contribution in [0, 0.1) is 0 Å². The Kier molecular flexibility index (Phi) is 6.03. The molecule has 8 heteroatoms. The third-order valence-corrected chi connectivity index (χ3v) is 2.44. The van der Waals surface area contributed by atoms with E-state index in [1.165, 1.54) is 0 Å². The van der Waals surface area contributed by atoms with Crippen molar-refractivity contribution < 1.29 is 4.52 Å². The van der Waals surface area contributed by atoms with E-state index in [1.54, 1.807) is 12.1 Å². The largest absolute Gasteiger partial charge is 0.370 e. The minimum absolute atomic E-state index is 0. The summed E-state index contributed by atoms with van der Waals surface area (Å²) >= 11 is 5.80. The number of aliphatic imine (C=N–C) groups is 1. The molecule has 0 spiro atoms. The van der Waals surface area contributed by atoms with Crippen molar-refractivity contribution in [3.05, 3.63) is 35.2 Å². The summed E-state index contributed by atoms with van der Waals surface area (Å²) in [7, 11) is 0. The molecule has 6 nitrogen and oxygen atoms in total. The molecule has 102 valence electrons. The predicted octanol–water partition coefficient (Wildman–Crippen LogP) is 1.82. The summed E-state index contributed by atoms with van der Waals surface area (Å²) in [5, 5.41) is 4.54. The maximum absolute atomic E-state index is 5.80. The van der Waals surface area contributed by atoms with Gasteiger partial charge < -0.3 is 16.0 Å². The van der Waals surface area contributed by atoms with Gasteiger partial charge in [0, 0.05) is 17.0 Å². The summed E-state index contributed by atoms with van der Waals surface area (Å²) in [6, 6.07) is 7.19. The van der Waals surface area contributed by atoms with Crippen molar-refractivity contribution in [3.8, 4) is 11.4 Å². The smallest absolute Gasteiger partial charge is 0.228 e. The fraction of sp³-hybridized carbons (Fsp3) is 0.182. The molecule has 19 heavy (non-hydrogen) atoms. The molecule has 0 bridgehead atoms. The van der Waals surface area contributed by atoms with Crippen LogP contribution in [0.5, 0.6) is 0 Å². The zero-order valence-corrected chi connectivity index (χ0v) is 13.0. The van der Waals surface area contributed by atoms with Crippen LogP contribution >= 0.6 is 35.6 Å². The van der Waals surface area contributed by atoms with Crippen LogP contribution in [0.15, 0.2) is 33.8 Å². The van der Waals surface area contributed by atoms with Crippen molar-refractivity contribution in [1.82, 2.24) is 10.1 Å². The Morgan fingerprint density at radius 1 is 1.26 bits per heavy atom. The molecule has 0 saturated heterocycles. The molecular formula is C11H13ClIN5O. The van der Waals surface area contributed by atoms with Gasteiger partial charge in [-0.15, -0.1) is 24.0 Å². The summed E-state index contributed by atoms with van der Waals surface area (Å²) in [6.45, 7) is 0.421. The zero-order chi connectivity index (χ0) is 13.0. The minimum Gasteiger partial charge on any atom is -0.370 e. The van der Waals surface area contributed by atoms with E-state index in [1.807, 2.05) is 12.1 Å². The normalized spacial score (nSPS) is 9.74. The van der Waals surface area contributed by atoms with Gasteiger partial charge in [0.25, 0.3) is 0 Å². The molecule has 0 aliphatic heterocycles. The molecule has 0 atom stereocenters. The fourth-order valence-electron chi connectivity index (χ4n) is 1.35. The third kappa shape index (κ3) is 4.67. The van der Waals surface area contributed by atoms with Gasteiger partial charge in [-0.3, -0.25) is 4.99 Å². The third-order valence-electron chi connectivity index (χ3n) is 2.19. The molecule has 0 amide bonds. The van der Waals surface area contributed by atoms with E-state index in [2.05, 4.69) is 15.1 Å². The lowest BCUT2D eigenvalue weighted by Crippen LogP contribution is -2.23. The summed E-state index contributed by atoms with van der Waals surface area (Å²) in [6.07, 6.45) is 0.499. The van der Waals surface area contributed by atoms with Crippen LogP contribution in [0.3, 0.4) is 0 Å². The van der Waals surface area contributed by atoms with Gasteiger partial charge in [-0.2, -0.15) is 4.98 Å². The van der Waals surface area contributed by atoms with E-state index >= 15 is 0 Å². The first-order chi connectivity index (χ1) is 8.65. The number of nitrogens with two attached hydrogens (primary N) is 2. The zero-order valence-electron chi connectivity index (χ0n) is 9.91. The SMILES string of the molecule is I.NC(N)=NCCc1nc(-c2ccc(Cl)cc2)no1. The second-order valence-electron chi connectivity index (χ2n) is 3.58. The van der Waals surface area contributed by atoms with E-state index in [0.717, 1.165) is 5.56 Å². The lowest BCUT2D eigenvalue weighted by atomic mass is 10.2. The van der Waals surface area contributed by atoms with Crippen LogP contribution in [0.1, 0.15) is 5.89 Å². The predicted molar refractivity (Wildman–Crippen MR) is 84.5 cm³/mol. The van der Waals surface area contributed by atoms with Crippen molar-refractivity contribution in [2.24, 2.45) is 16.5 Å². The molecule has 0 fully saturated rings. The first-order valence-corrected chi connectivity index (χ1v) is 5.67. The Labute approximate surface area is 132 Å². The number of halogens is 2. The highest BCUT2D eigenvalue weighted by atomic mass is 127. The molecule has 4 N–H and O–H groups in total. The Hall–Kier alpha value is -1.35. The number of aromatic nitrogens is 2. The highest BCUT2D eigenvalue weighted by Gasteiger charge is 2.07. The molecule has 0 saturated carbocycles. The van der Waals surface area contributed by atoms with Crippen LogP contribution < -0.4 is 11.5 Å². The summed E-state index contributed by atoms with van der Waals surface area (Å²) in [5.41, 5.74) is 11.3. The average Bonchev–Trinajstić information content (AvgIpc) is 2.78. The quantitative estimate of drug-likeness (QED) is 0.468. The lowest BCUT2D eigenvalue weighted by molar-refractivity contribution is 0.380. The highest BCUT2D eigenvalue weighted by molar-refractivity contribution is 14.0. The van der Waals surface area contributed by atoms with E-state index in [-0.39, 0.29) is 29.9 Å². The van der Waals surface area contributed by atoms with Gasteiger partial charge in [0.1, 0.15) is 0 Å². The first-order valence-electron chi connectivity index (χ1n) is 5.29. The summed E-state index contributed by atoms with van der Waals surface area (Å²) < 4.78 is 5.09. The molecular weight excluding hydrogens is 381 g/mol. The molecule has 1 heterocycles. The van der Waals surface area contributed by atoms with E-state index in [4.69, 9.17) is 27.6 Å². The van der Waals surface area contributed by atoms with Crippen LogP contribution in [0.4, 0.5) is 0 Å². The number of hydrogen-bond donors (Lipinski definition) is 2. The average molecular weight is 394 g/mol. The number of nitrogens with zero attached hydrogens (tertiary/aromatic N) is 3. The monoisotopic (exact) mass is 393 g/mol. The summed E-state index contributed by atoms with van der Waals surface area (Å²) in [4.78, 5) is 8.08. The standard InChI is InChI=1S/C11H12ClN5O.HI/c12-8-3-1-7(2-4-8)10-16-9(18-17-10)5-6-15-11(13)14;/h1-4H,5-6H2,(H4,13,14,15);1H. The molecule has 0 aliphatic carbocycles.